The van der Waals surface area contributed by atoms with Crippen LogP contribution in [0.2, 0.25) is 5.02 Å². The Labute approximate surface area is 200 Å². The van der Waals surface area contributed by atoms with Gasteiger partial charge in [-0.1, -0.05) is 58.0 Å². The highest BCUT2D eigenvalue weighted by molar-refractivity contribution is 6.33. The standard InChI is InChI=1S/C25H23ClFN5O2/c1-6-18-28-19(12(2)3)22(20(29-18)13(4)5)32-23-15(24(33)31-25(32)34)11-16(26)21(30-23)14-9-7-8-10-17(14)27/h6-13H,1H2,2-5H3,(H,31,33,34). The molecule has 0 atom stereocenters. The quantitative estimate of drug-likeness (QED) is 0.424. The Morgan fingerprint density at radius 2 is 1.68 bits per heavy atom. The van der Waals surface area contributed by atoms with Crippen molar-refractivity contribution in [3.8, 4) is 16.9 Å². The van der Waals surface area contributed by atoms with Crippen molar-refractivity contribution in [3.05, 3.63) is 85.8 Å². The van der Waals surface area contributed by atoms with Gasteiger partial charge in [0.05, 0.1) is 33.2 Å². The van der Waals surface area contributed by atoms with E-state index in [0.29, 0.717) is 22.9 Å². The van der Waals surface area contributed by atoms with Gasteiger partial charge in [0.2, 0.25) is 0 Å². The molecule has 0 saturated heterocycles. The molecule has 1 N–H and O–H groups in total. The van der Waals surface area contributed by atoms with E-state index in [1.54, 1.807) is 18.2 Å². The van der Waals surface area contributed by atoms with Gasteiger partial charge >= 0.3 is 5.69 Å². The van der Waals surface area contributed by atoms with Gasteiger partial charge in [0.25, 0.3) is 5.56 Å². The van der Waals surface area contributed by atoms with E-state index in [4.69, 9.17) is 11.6 Å². The summed E-state index contributed by atoms with van der Waals surface area (Å²) < 4.78 is 15.9. The highest BCUT2D eigenvalue weighted by atomic mass is 35.5. The molecule has 0 unspecified atom stereocenters. The average Bonchev–Trinajstić information content (AvgIpc) is 2.79. The third-order valence-corrected chi connectivity index (χ3v) is 5.71. The Balaban J connectivity index is 2.22. The number of fused-ring (bicyclic) bond motifs is 1. The van der Waals surface area contributed by atoms with Crippen molar-refractivity contribution in [1.29, 1.82) is 0 Å². The van der Waals surface area contributed by atoms with Crippen molar-refractivity contribution in [2.24, 2.45) is 0 Å². The summed E-state index contributed by atoms with van der Waals surface area (Å²) in [6.45, 7) is 11.5. The number of nitrogens with one attached hydrogen (secondary N) is 1. The van der Waals surface area contributed by atoms with Crippen molar-refractivity contribution in [2.75, 3.05) is 0 Å². The molecule has 0 saturated carbocycles. The lowest BCUT2D eigenvalue weighted by molar-refractivity contribution is 0.631. The van der Waals surface area contributed by atoms with Crippen LogP contribution in [0.25, 0.3) is 34.1 Å². The molecule has 4 aromatic rings. The molecule has 0 amide bonds. The van der Waals surface area contributed by atoms with Gasteiger partial charge in [-0.05, 0) is 36.1 Å². The van der Waals surface area contributed by atoms with E-state index >= 15 is 0 Å². The normalized spacial score (nSPS) is 11.5. The predicted molar refractivity (Wildman–Crippen MR) is 132 cm³/mol. The van der Waals surface area contributed by atoms with Gasteiger partial charge in [-0.2, -0.15) is 0 Å². The predicted octanol–water partition coefficient (Wildman–Crippen LogP) is 5.21. The number of hydrogen-bond donors (Lipinski definition) is 1. The first-order valence-corrected chi connectivity index (χ1v) is 11.2. The zero-order valence-electron chi connectivity index (χ0n) is 19.2. The summed E-state index contributed by atoms with van der Waals surface area (Å²) in [6.07, 6.45) is 1.55. The largest absolute Gasteiger partial charge is 0.334 e. The summed E-state index contributed by atoms with van der Waals surface area (Å²) in [6, 6.07) is 7.42. The number of halogens is 2. The van der Waals surface area contributed by atoms with E-state index in [0.717, 1.165) is 0 Å². The summed E-state index contributed by atoms with van der Waals surface area (Å²) in [5.41, 5.74) is 0.567. The molecule has 0 fully saturated rings. The van der Waals surface area contributed by atoms with Crippen molar-refractivity contribution in [3.63, 3.8) is 0 Å². The second-order valence-electron chi connectivity index (χ2n) is 8.48. The van der Waals surface area contributed by atoms with Gasteiger partial charge in [0.15, 0.2) is 11.5 Å². The van der Waals surface area contributed by atoms with E-state index < -0.39 is 17.1 Å². The number of benzene rings is 1. The first-order valence-electron chi connectivity index (χ1n) is 10.8. The number of aromatic amines is 1. The van der Waals surface area contributed by atoms with E-state index in [1.807, 2.05) is 27.7 Å². The second-order valence-corrected chi connectivity index (χ2v) is 8.89. The van der Waals surface area contributed by atoms with E-state index in [1.165, 1.54) is 22.8 Å². The summed E-state index contributed by atoms with van der Waals surface area (Å²) in [5.74, 6) is -0.289. The summed E-state index contributed by atoms with van der Waals surface area (Å²) in [4.78, 5) is 42.0. The zero-order valence-corrected chi connectivity index (χ0v) is 19.9. The molecule has 0 radical (unpaired) electrons. The fourth-order valence-electron chi connectivity index (χ4n) is 3.82. The molecular weight excluding hydrogens is 457 g/mol. The molecule has 0 bridgehead atoms. The van der Waals surface area contributed by atoms with Crippen molar-refractivity contribution < 1.29 is 4.39 Å². The minimum Gasteiger partial charge on any atom is -0.273 e. The van der Waals surface area contributed by atoms with Crippen molar-refractivity contribution >= 4 is 28.7 Å². The van der Waals surface area contributed by atoms with Crippen LogP contribution in [0.3, 0.4) is 0 Å². The van der Waals surface area contributed by atoms with E-state index in [9.17, 15) is 14.0 Å². The molecule has 0 aliphatic heterocycles. The number of pyridine rings is 1. The van der Waals surface area contributed by atoms with Gasteiger partial charge in [0.1, 0.15) is 5.82 Å². The second kappa shape index (κ2) is 8.95. The van der Waals surface area contributed by atoms with Crippen LogP contribution >= 0.6 is 11.6 Å². The molecule has 9 heteroatoms. The average molecular weight is 480 g/mol. The first-order chi connectivity index (χ1) is 16.1. The van der Waals surface area contributed by atoms with Crippen LogP contribution < -0.4 is 11.2 Å². The number of nitrogens with zero attached hydrogens (tertiary/aromatic N) is 4. The van der Waals surface area contributed by atoms with Gasteiger partial charge in [-0.3, -0.25) is 9.78 Å². The Hall–Kier alpha value is -3.65. The summed E-state index contributed by atoms with van der Waals surface area (Å²) >= 11 is 6.42. The maximum atomic E-state index is 14.6. The van der Waals surface area contributed by atoms with E-state index in [-0.39, 0.29) is 39.1 Å². The van der Waals surface area contributed by atoms with Crippen LogP contribution in [0.4, 0.5) is 4.39 Å². The number of hydrogen-bond acceptors (Lipinski definition) is 5. The summed E-state index contributed by atoms with van der Waals surface area (Å²) in [7, 11) is 0. The topological polar surface area (TPSA) is 93.5 Å². The molecule has 0 aliphatic carbocycles. The monoisotopic (exact) mass is 479 g/mol. The molecule has 0 spiro atoms. The Morgan fingerprint density at radius 1 is 1.06 bits per heavy atom. The van der Waals surface area contributed by atoms with Crippen LogP contribution in [0.5, 0.6) is 0 Å². The summed E-state index contributed by atoms with van der Waals surface area (Å²) in [5, 5.41) is 0.168. The van der Waals surface area contributed by atoms with Gasteiger partial charge in [-0.25, -0.2) is 28.7 Å². The van der Waals surface area contributed by atoms with Crippen LogP contribution in [-0.4, -0.2) is 24.5 Å². The molecule has 1 aromatic carbocycles. The number of H-pyrrole nitrogens is 1. The molecule has 3 aromatic heterocycles. The van der Waals surface area contributed by atoms with Crippen LogP contribution in [-0.2, 0) is 0 Å². The van der Waals surface area contributed by atoms with E-state index in [2.05, 4.69) is 26.5 Å². The molecular formula is C25H23ClFN5O2. The lowest BCUT2D eigenvalue weighted by Crippen LogP contribution is -2.32. The minimum absolute atomic E-state index is 0.0372. The fourth-order valence-corrected chi connectivity index (χ4v) is 4.07. The molecule has 4 rings (SSSR count). The van der Waals surface area contributed by atoms with Crippen molar-refractivity contribution in [2.45, 2.75) is 39.5 Å². The number of aromatic nitrogens is 5. The van der Waals surface area contributed by atoms with Gasteiger partial charge in [0, 0.05) is 5.56 Å². The highest BCUT2D eigenvalue weighted by Crippen LogP contribution is 2.33. The highest BCUT2D eigenvalue weighted by Gasteiger charge is 2.25. The Morgan fingerprint density at radius 3 is 2.24 bits per heavy atom. The SMILES string of the molecule is C=Cc1nc(C(C)C)c(-n2c(=O)[nH]c(=O)c3cc(Cl)c(-c4ccccc4F)nc32)c(C(C)C)n1. The van der Waals surface area contributed by atoms with Gasteiger partial charge in [-0.15, -0.1) is 0 Å². The Bertz CT molecular complexity index is 1530. The maximum absolute atomic E-state index is 14.6. The molecule has 7 nitrogen and oxygen atoms in total. The molecule has 174 valence electrons. The molecule has 0 aliphatic rings. The maximum Gasteiger partial charge on any atom is 0.334 e. The van der Waals surface area contributed by atoms with Gasteiger partial charge < -0.3 is 0 Å². The van der Waals surface area contributed by atoms with Crippen molar-refractivity contribution in [1.82, 2.24) is 24.5 Å². The third-order valence-electron chi connectivity index (χ3n) is 5.42. The van der Waals surface area contributed by atoms with Crippen LogP contribution in [0, 0.1) is 5.82 Å². The number of rotatable bonds is 5. The molecule has 3 heterocycles. The lowest BCUT2D eigenvalue weighted by atomic mass is 10.0. The zero-order chi connectivity index (χ0) is 24.7. The lowest BCUT2D eigenvalue weighted by Gasteiger charge is -2.21. The van der Waals surface area contributed by atoms with Crippen LogP contribution in [0.1, 0.15) is 56.7 Å². The first kappa shape index (κ1) is 23.5. The molecule has 34 heavy (non-hydrogen) atoms. The minimum atomic E-state index is -0.703. The third kappa shape index (κ3) is 3.94. The smallest absolute Gasteiger partial charge is 0.273 e. The fraction of sp³-hybridized carbons (Fsp3) is 0.240. The van der Waals surface area contributed by atoms with Crippen LogP contribution in [0.15, 0.2) is 46.5 Å². The Kier molecular flexibility index (Phi) is 6.18.